The van der Waals surface area contributed by atoms with E-state index in [1.807, 2.05) is 24.0 Å². The van der Waals surface area contributed by atoms with E-state index in [1.165, 1.54) is 5.56 Å². The molecule has 0 aromatic heterocycles. The first-order valence-electron chi connectivity index (χ1n) is 8.03. The lowest BCUT2D eigenvalue weighted by molar-refractivity contribution is 0.133. The minimum Gasteiger partial charge on any atom is -0.497 e. The molecule has 0 saturated carbocycles. The monoisotopic (exact) mass is 305 g/mol. The Morgan fingerprint density at radius 2 is 1.86 bits per heavy atom. The maximum absolute atomic E-state index is 12.1. The predicted molar refractivity (Wildman–Crippen MR) is 88.1 cm³/mol. The molecule has 1 aliphatic rings. The lowest BCUT2D eigenvalue weighted by Crippen LogP contribution is -2.52. The van der Waals surface area contributed by atoms with Crippen molar-refractivity contribution in [3.8, 4) is 5.75 Å². The van der Waals surface area contributed by atoms with Gasteiger partial charge < -0.3 is 15.0 Å². The van der Waals surface area contributed by atoms with Crippen LogP contribution in [0.3, 0.4) is 0 Å². The first-order valence-corrected chi connectivity index (χ1v) is 8.03. The van der Waals surface area contributed by atoms with Crippen molar-refractivity contribution in [3.63, 3.8) is 0 Å². The lowest BCUT2D eigenvalue weighted by atomic mass is 10.2. The molecular formula is C17H27N3O2. The summed E-state index contributed by atoms with van der Waals surface area (Å²) in [5.74, 6) is 0.885. The number of nitrogens with one attached hydrogen (secondary N) is 1. The van der Waals surface area contributed by atoms with E-state index >= 15 is 0 Å². The zero-order chi connectivity index (χ0) is 15.9. The molecule has 1 aliphatic heterocycles. The van der Waals surface area contributed by atoms with Crippen LogP contribution in [0.25, 0.3) is 0 Å². The minimum absolute atomic E-state index is 0.0680. The molecule has 0 spiro atoms. The predicted octanol–water partition coefficient (Wildman–Crippen LogP) is 2.32. The summed E-state index contributed by atoms with van der Waals surface area (Å²) in [5.41, 5.74) is 1.28. The quantitative estimate of drug-likeness (QED) is 0.908. The maximum Gasteiger partial charge on any atom is 0.317 e. The number of hydrogen-bond donors (Lipinski definition) is 1. The standard InChI is InChI=1S/C17H27N3O2/c1-4-14(2)18-17(21)20-11-9-19(10-12-20)13-15-5-7-16(22-3)8-6-15/h5-8,14H,4,9-13H2,1-3H3,(H,18,21). The molecular weight excluding hydrogens is 278 g/mol. The van der Waals surface area contributed by atoms with E-state index in [0.29, 0.717) is 0 Å². The molecule has 0 bridgehead atoms. The van der Waals surface area contributed by atoms with Crippen molar-refractivity contribution < 1.29 is 9.53 Å². The van der Waals surface area contributed by atoms with E-state index < -0.39 is 0 Å². The Hall–Kier alpha value is -1.75. The summed E-state index contributed by atoms with van der Waals surface area (Å²) >= 11 is 0. The Morgan fingerprint density at radius 1 is 1.23 bits per heavy atom. The molecule has 1 aromatic rings. The Balaban J connectivity index is 1.77. The number of methoxy groups -OCH3 is 1. The SMILES string of the molecule is CCC(C)NC(=O)N1CCN(Cc2ccc(OC)cc2)CC1. The number of nitrogens with zero attached hydrogens (tertiary/aromatic N) is 2. The number of urea groups is 1. The number of carbonyl (C=O) groups is 1. The van der Waals surface area contributed by atoms with Crippen LogP contribution in [0.1, 0.15) is 25.8 Å². The van der Waals surface area contributed by atoms with Crippen LogP contribution in [-0.2, 0) is 6.54 Å². The van der Waals surface area contributed by atoms with Crippen LogP contribution >= 0.6 is 0 Å². The minimum atomic E-state index is 0.0680. The largest absolute Gasteiger partial charge is 0.497 e. The van der Waals surface area contributed by atoms with Crippen molar-refractivity contribution in [2.75, 3.05) is 33.3 Å². The summed E-state index contributed by atoms with van der Waals surface area (Å²) < 4.78 is 5.18. The maximum atomic E-state index is 12.1. The number of rotatable bonds is 5. The summed E-state index contributed by atoms with van der Waals surface area (Å²) in [6.07, 6.45) is 0.961. The van der Waals surface area contributed by atoms with Crippen LogP contribution in [0.15, 0.2) is 24.3 Å². The van der Waals surface area contributed by atoms with Gasteiger partial charge >= 0.3 is 6.03 Å². The van der Waals surface area contributed by atoms with Crippen LogP contribution in [0.4, 0.5) is 4.79 Å². The van der Waals surface area contributed by atoms with E-state index in [0.717, 1.165) is 44.9 Å². The first-order chi connectivity index (χ1) is 10.6. The summed E-state index contributed by atoms with van der Waals surface area (Å²) in [4.78, 5) is 16.4. The van der Waals surface area contributed by atoms with Crippen molar-refractivity contribution in [1.29, 1.82) is 0 Å². The number of ether oxygens (including phenoxy) is 1. The Labute approximate surface area is 133 Å². The molecule has 2 amide bonds. The van der Waals surface area contributed by atoms with Gasteiger partial charge in [0.25, 0.3) is 0 Å². The smallest absolute Gasteiger partial charge is 0.317 e. The van der Waals surface area contributed by atoms with E-state index in [4.69, 9.17) is 4.74 Å². The molecule has 1 unspecified atom stereocenters. The van der Waals surface area contributed by atoms with Gasteiger partial charge in [0.2, 0.25) is 0 Å². The van der Waals surface area contributed by atoms with Crippen molar-refractivity contribution in [3.05, 3.63) is 29.8 Å². The van der Waals surface area contributed by atoms with Crippen LogP contribution in [0, 0.1) is 0 Å². The van der Waals surface area contributed by atoms with Gasteiger partial charge in [0, 0.05) is 38.8 Å². The van der Waals surface area contributed by atoms with Gasteiger partial charge in [-0.1, -0.05) is 19.1 Å². The topological polar surface area (TPSA) is 44.8 Å². The molecule has 2 rings (SSSR count). The fraction of sp³-hybridized carbons (Fsp3) is 0.588. The third kappa shape index (κ3) is 4.63. The van der Waals surface area contributed by atoms with Crippen LogP contribution in [0.5, 0.6) is 5.75 Å². The van der Waals surface area contributed by atoms with Crippen molar-refractivity contribution in [1.82, 2.24) is 15.1 Å². The number of amides is 2. The van der Waals surface area contributed by atoms with Gasteiger partial charge in [-0.05, 0) is 31.0 Å². The fourth-order valence-corrected chi connectivity index (χ4v) is 2.50. The van der Waals surface area contributed by atoms with Crippen molar-refractivity contribution in [2.45, 2.75) is 32.9 Å². The van der Waals surface area contributed by atoms with E-state index in [2.05, 4.69) is 29.3 Å². The van der Waals surface area contributed by atoms with Crippen LogP contribution in [-0.4, -0.2) is 55.2 Å². The van der Waals surface area contributed by atoms with Crippen LogP contribution < -0.4 is 10.1 Å². The molecule has 0 aliphatic carbocycles. The molecule has 122 valence electrons. The normalized spacial score (nSPS) is 17.1. The second-order valence-electron chi connectivity index (χ2n) is 5.87. The lowest BCUT2D eigenvalue weighted by Gasteiger charge is -2.35. The molecule has 5 heteroatoms. The zero-order valence-corrected chi connectivity index (χ0v) is 13.8. The number of hydrogen-bond acceptors (Lipinski definition) is 3. The average Bonchev–Trinajstić information content (AvgIpc) is 2.56. The number of carbonyl (C=O) groups excluding carboxylic acids is 1. The van der Waals surface area contributed by atoms with E-state index in [1.54, 1.807) is 7.11 Å². The van der Waals surface area contributed by atoms with Crippen molar-refractivity contribution in [2.24, 2.45) is 0 Å². The molecule has 1 aromatic carbocycles. The van der Waals surface area contributed by atoms with Gasteiger partial charge in [-0.15, -0.1) is 0 Å². The zero-order valence-electron chi connectivity index (χ0n) is 13.8. The fourth-order valence-electron chi connectivity index (χ4n) is 2.50. The third-order valence-corrected chi connectivity index (χ3v) is 4.21. The first kappa shape index (κ1) is 16.6. The number of piperazine rings is 1. The summed E-state index contributed by atoms with van der Waals surface area (Å²) in [5, 5.41) is 3.03. The van der Waals surface area contributed by atoms with E-state index in [9.17, 15) is 4.79 Å². The Morgan fingerprint density at radius 3 is 2.41 bits per heavy atom. The molecule has 1 fully saturated rings. The van der Waals surface area contributed by atoms with Gasteiger partial charge in [0.1, 0.15) is 5.75 Å². The molecule has 5 nitrogen and oxygen atoms in total. The molecule has 1 heterocycles. The van der Waals surface area contributed by atoms with Gasteiger partial charge in [-0.2, -0.15) is 0 Å². The Bertz CT molecular complexity index is 467. The molecule has 1 atom stereocenters. The highest BCUT2D eigenvalue weighted by atomic mass is 16.5. The van der Waals surface area contributed by atoms with Gasteiger partial charge in [-0.3, -0.25) is 4.90 Å². The highest BCUT2D eigenvalue weighted by Gasteiger charge is 2.21. The highest BCUT2D eigenvalue weighted by molar-refractivity contribution is 5.74. The molecule has 22 heavy (non-hydrogen) atoms. The van der Waals surface area contributed by atoms with Crippen molar-refractivity contribution >= 4 is 6.03 Å². The number of benzene rings is 1. The Kier molecular flexibility index (Phi) is 6.07. The third-order valence-electron chi connectivity index (χ3n) is 4.21. The van der Waals surface area contributed by atoms with Crippen LogP contribution in [0.2, 0.25) is 0 Å². The van der Waals surface area contributed by atoms with Gasteiger partial charge in [0.15, 0.2) is 0 Å². The molecule has 0 radical (unpaired) electrons. The van der Waals surface area contributed by atoms with Gasteiger partial charge in [0.05, 0.1) is 7.11 Å². The second-order valence-corrected chi connectivity index (χ2v) is 5.87. The van der Waals surface area contributed by atoms with E-state index in [-0.39, 0.29) is 12.1 Å². The highest BCUT2D eigenvalue weighted by Crippen LogP contribution is 2.14. The summed E-state index contributed by atoms with van der Waals surface area (Å²) in [7, 11) is 1.68. The summed E-state index contributed by atoms with van der Waals surface area (Å²) in [6, 6.07) is 8.49. The molecule has 1 saturated heterocycles. The second kappa shape index (κ2) is 8.03. The summed E-state index contributed by atoms with van der Waals surface area (Å²) in [6.45, 7) is 8.46. The molecule has 1 N–H and O–H groups in total. The average molecular weight is 305 g/mol. The van der Waals surface area contributed by atoms with Gasteiger partial charge in [-0.25, -0.2) is 4.79 Å².